The first-order valence-corrected chi connectivity index (χ1v) is 6.20. The Bertz CT molecular complexity index is 586. The van der Waals surface area contributed by atoms with Crippen LogP contribution in [-0.4, -0.2) is 47.3 Å². The lowest BCUT2D eigenvalue weighted by atomic mass is 10.3. The van der Waals surface area contributed by atoms with Gasteiger partial charge in [-0.3, -0.25) is 0 Å². The number of aromatic nitrogens is 2. The van der Waals surface area contributed by atoms with E-state index in [1.54, 1.807) is 6.07 Å². The molecule has 0 radical (unpaired) electrons. The van der Waals surface area contributed by atoms with E-state index in [4.69, 9.17) is 4.74 Å². The maximum atomic E-state index is 13.6. The number of aromatic amines is 1. The highest BCUT2D eigenvalue weighted by Crippen LogP contribution is 2.18. The molecule has 2 atom stereocenters. The predicted molar refractivity (Wildman–Crippen MR) is 67.0 cm³/mol. The molecule has 0 unspecified atom stereocenters. The molecule has 1 aromatic carbocycles. The van der Waals surface area contributed by atoms with Gasteiger partial charge in [-0.05, 0) is 25.2 Å². The SMILES string of the molecule is CN1C[C@@H](F)[C@@H](OCc2nc3ccc(F)cc3[nH]2)C1. The van der Waals surface area contributed by atoms with Gasteiger partial charge in [-0.25, -0.2) is 13.8 Å². The zero-order valence-corrected chi connectivity index (χ0v) is 10.6. The molecular formula is C13H15F2N3O. The quantitative estimate of drug-likeness (QED) is 0.923. The van der Waals surface area contributed by atoms with Crippen LogP contribution in [0.5, 0.6) is 0 Å². The number of alkyl halides is 1. The fourth-order valence-corrected chi connectivity index (χ4v) is 2.36. The smallest absolute Gasteiger partial charge is 0.140 e. The highest BCUT2D eigenvalue weighted by molar-refractivity contribution is 5.74. The second-order valence-corrected chi connectivity index (χ2v) is 4.93. The number of likely N-dealkylation sites (N-methyl/N-ethyl adjacent to an activating group) is 1. The molecule has 1 saturated heterocycles. The van der Waals surface area contributed by atoms with Crippen LogP contribution in [-0.2, 0) is 11.3 Å². The Morgan fingerprint density at radius 3 is 3.05 bits per heavy atom. The van der Waals surface area contributed by atoms with Crippen LogP contribution in [0.3, 0.4) is 0 Å². The molecule has 1 aromatic heterocycles. The Balaban J connectivity index is 1.68. The molecule has 1 fully saturated rings. The first-order valence-electron chi connectivity index (χ1n) is 6.20. The normalized spacial score (nSPS) is 24.4. The predicted octanol–water partition coefficient (Wildman–Crippen LogP) is 1.87. The molecule has 1 N–H and O–H groups in total. The number of imidazole rings is 1. The lowest BCUT2D eigenvalue weighted by Gasteiger charge is -2.12. The molecule has 1 aliphatic rings. The van der Waals surface area contributed by atoms with E-state index in [-0.39, 0.29) is 12.4 Å². The highest BCUT2D eigenvalue weighted by atomic mass is 19.1. The third-order valence-corrected chi connectivity index (χ3v) is 3.31. The monoisotopic (exact) mass is 267 g/mol. The number of H-pyrrole nitrogens is 1. The maximum absolute atomic E-state index is 13.6. The molecule has 0 amide bonds. The van der Waals surface area contributed by atoms with Crippen LogP contribution in [0.15, 0.2) is 18.2 Å². The Kier molecular flexibility index (Phi) is 3.20. The van der Waals surface area contributed by atoms with Crippen molar-refractivity contribution in [3.63, 3.8) is 0 Å². The molecule has 0 bridgehead atoms. The van der Waals surface area contributed by atoms with E-state index in [0.717, 1.165) is 0 Å². The molecule has 6 heteroatoms. The molecule has 3 rings (SSSR count). The van der Waals surface area contributed by atoms with Crippen molar-refractivity contribution in [2.45, 2.75) is 18.9 Å². The van der Waals surface area contributed by atoms with Crippen molar-refractivity contribution in [1.29, 1.82) is 0 Å². The van der Waals surface area contributed by atoms with Crippen molar-refractivity contribution in [3.8, 4) is 0 Å². The number of nitrogens with zero attached hydrogens (tertiary/aromatic N) is 2. The molecule has 102 valence electrons. The average molecular weight is 267 g/mol. The van der Waals surface area contributed by atoms with Gasteiger partial charge < -0.3 is 14.6 Å². The van der Waals surface area contributed by atoms with Crippen LogP contribution in [0.2, 0.25) is 0 Å². The fourth-order valence-electron chi connectivity index (χ4n) is 2.36. The van der Waals surface area contributed by atoms with Gasteiger partial charge >= 0.3 is 0 Å². The molecule has 0 spiro atoms. The second kappa shape index (κ2) is 4.86. The summed E-state index contributed by atoms with van der Waals surface area (Å²) in [5.41, 5.74) is 1.30. The average Bonchev–Trinajstić information content (AvgIpc) is 2.89. The standard InChI is InChI=1S/C13H15F2N3O/c1-18-5-9(15)12(6-18)19-7-13-16-10-3-2-8(14)4-11(10)17-13/h2-4,9,12H,5-7H2,1H3,(H,16,17)/t9-,12+/m1/s1. The molecule has 19 heavy (non-hydrogen) atoms. The number of likely N-dealkylation sites (tertiary alicyclic amines) is 1. The van der Waals surface area contributed by atoms with Crippen LogP contribution in [0.1, 0.15) is 5.82 Å². The number of nitrogens with one attached hydrogen (secondary N) is 1. The van der Waals surface area contributed by atoms with Gasteiger partial charge in [0, 0.05) is 13.1 Å². The number of rotatable bonds is 3. The van der Waals surface area contributed by atoms with Crippen LogP contribution in [0.4, 0.5) is 8.78 Å². The summed E-state index contributed by atoms with van der Waals surface area (Å²) in [6, 6.07) is 4.34. The first kappa shape index (κ1) is 12.5. The van der Waals surface area contributed by atoms with Crippen LogP contribution >= 0.6 is 0 Å². The van der Waals surface area contributed by atoms with Gasteiger partial charge in [0.2, 0.25) is 0 Å². The van der Waals surface area contributed by atoms with Gasteiger partial charge in [0.25, 0.3) is 0 Å². The van der Waals surface area contributed by atoms with Gasteiger partial charge in [-0.15, -0.1) is 0 Å². The van der Waals surface area contributed by atoms with Crippen molar-refractivity contribution in [3.05, 3.63) is 29.8 Å². The van der Waals surface area contributed by atoms with E-state index in [2.05, 4.69) is 9.97 Å². The largest absolute Gasteiger partial charge is 0.366 e. The Morgan fingerprint density at radius 2 is 2.32 bits per heavy atom. The van der Waals surface area contributed by atoms with E-state index in [9.17, 15) is 8.78 Å². The molecular weight excluding hydrogens is 252 g/mol. The van der Waals surface area contributed by atoms with Crippen molar-refractivity contribution < 1.29 is 13.5 Å². The number of benzene rings is 1. The van der Waals surface area contributed by atoms with Crippen molar-refractivity contribution in [2.24, 2.45) is 0 Å². The maximum Gasteiger partial charge on any atom is 0.140 e. The number of hydrogen-bond donors (Lipinski definition) is 1. The topological polar surface area (TPSA) is 41.1 Å². The Labute approximate surface area is 109 Å². The molecule has 4 nitrogen and oxygen atoms in total. The van der Waals surface area contributed by atoms with E-state index in [1.807, 2.05) is 11.9 Å². The highest BCUT2D eigenvalue weighted by Gasteiger charge is 2.31. The number of hydrogen-bond acceptors (Lipinski definition) is 3. The van der Waals surface area contributed by atoms with Crippen LogP contribution in [0, 0.1) is 5.82 Å². The van der Waals surface area contributed by atoms with Crippen molar-refractivity contribution in [2.75, 3.05) is 20.1 Å². The van der Waals surface area contributed by atoms with Crippen LogP contribution < -0.4 is 0 Å². The van der Waals surface area contributed by atoms with E-state index in [0.29, 0.717) is 29.9 Å². The number of fused-ring (bicyclic) bond motifs is 1. The molecule has 1 aliphatic heterocycles. The third kappa shape index (κ3) is 2.59. The Hall–Kier alpha value is -1.53. The molecule has 0 aliphatic carbocycles. The van der Waals surface area contributed by atoms with E-state index in [1.165, 1.54) is 12.1 Å². The summed E-state index contributed by atoms with van der Waals surface area (Å²) >= 11 is 0. The van der Waals surface area contributed by atoms with Gasteiger partial charge in [-0.2, -0.15) is 0 Å². The van der Waals surface area contributed by atoms with E-state index >= 15 is 0 Å². The van der Waals surface area contributed by atoms with E-state index < -0.39 is 12.3 Å². The fraction of sp³-hybridized carbons (Fsp3) is 0.462. The molecule has 2 heterocycles. The summed E-state index contributed by atoms with van der Waals surface area (Å²) in [4.78, 5) is 9.14. The zero-order valence-electron chi connectivity index (χ0n) is 10.6. The summed E-state index contributed by atoms with van der Waals surface area (Å²) < 4.78 is 32.1. The third-order valence-electron chi connectivity index (χ3n) is 3.31. The summed E-state index contributed by atoms with van der Waals surface area (Å²) in [7, 11) is 1.86. The molecule has 2 aromatic rings. The molecule has 0 saturated carbocycles. The second-order valence-electron chi connectivity index (χ2n) is 4.93. The number of ether oxygens (including phenoxy) is 1. The van der Waals surface area contributed by atoms with Gasteiger partial charge in [0.1, 0.15) is 30.5 Å². The first-order chi connectivity index (χ1) is 9.11. The van der Waals surface area contributed by atoms with Crippen LogP contribution in [0.25, 0.3) is 11.0 Å². The Morgan fingerprint density at radius 1 is 1.47 bits per heavy atom. The van der Waals surface area contributed by atoms with Crippen molar-refractivity contribution >= 4 is 11.0 Å². The summed E-state index contributed by atoms with van der Waals surface area (Å²) in [5, 5.41) is 0. The minimum Gasteiger partial charge on any atom is -0.366 e. The number of halogens is 2. The van der Waals surface area contributed by atoms with Crippen molar-refractivity contribution in [1.82, 2.24) is 14.9 Å². The lowest BCUT2D eigenvalue weighted by Crippen LogP contribution is -2.23. The minimum absolute atomic E-state index is 0.204. The van der Waals surface area contributed by atoms with Gasteiger partial charge in [0.05, 0.1) is 11.0 Å². The zero-order chi connectivity index (χ0) is 13.4. The lowest BCUT2D eigenvalue weighted by molar-refractivity contribution is 0.00930. The summed E-state index contributed by atoms with van der Waals surface area (Å²) in [6.45, 7) is 1.18. The summed E-state index contributed by atoms with van der Waals surface area (Å²) in [6.07, 6.45) is -1.39. The van der Waals surface area contributed by atoms with Gasteiger partial charge in [0.15, 0.2) is 0 Å². The minimum atomic E-state index is -0.966. The van der Waals surface area contributed by atoms with Gasteiger partial charge in [-0.1, -0.05) is 0 Å². The summed E-state index contributed by atoms with van der Waals surface area (Å²) in [5.74, 6) is 0.271.